The van der Waals surface area contributed by atoms with Crippen LogP contribution in [-0.2, 0) is 0 Å². The van der Waals surface area contributed by atoms with Crippen LogP contribution >= 0.6 is 15.9 Å². The van der Waals surface area contributed by atoms with E-state index in [1.54, 1.807) is 6.92 Å². The SMILES string of the molecule is Cc1cc(F)ccc1C(=O)c1nc2ccccc2cc1Br. The number of carbonyl (C=O) groups is 1. The van der Waals surface area contributed by atoms with Crippen molar-refractivity contribution in [2.45, 2.75) is 6.92 Å². The fraction of sp³-hybridized carbons (Fsp3) is 0.0588. The van der Waals surface area contributed by atoms with Gasteiger partial charge in [0.05, 0.1) is 5.52 Å². The fourth-order valence-electron chi connectivity index (χ4n) is 2.26. The van der Waals surface area contributed by atoms with Gasteiger partial charge in [0, 0.05) is 15.4 Å². The third kappa shape index (κ3) is 2.59. The van der Waals surface area contributed by atoms with Crippen molar-refractivity contribution in [3.8, 4) is 0 Å². The van der Waals surface area contributed by atoms with Crippen molar-refractivity contribution >= 4 is 32.6 Å². The van der Waals surface area contributed by atoms with Gasteiger partial charge >= 0.3 is 0 Å². The molecule has 0 saturated carbocycles. The molecule has 2 aromatic carbocycles. The number of halogens is 2. The monoisotopic (exact) mass is 343 g/mol. The van der Waals surface area contributed by atoms with Gasteiger partial charge in [-0.15, -0.1) is 0 Å². The van der Waals surface area contributed by atoms with Gasteiger partial charge in [0.2, 0.25) is 5.78 Å². The van der Waals surface area contributed by atoms with E-state index in [0.717, 1.165) is 10.9 Å². The van der Waals surface area contributed by atoms with E-state index in [1.807, 2.05) is 30.3 Å². The summed E-state index contributed by atoms with van der Waals surface area (Å²) in [5.74, 6) is -0.570. The van der Waals surface area contributed by atoms with Crippen LogP contribution in [0.1, 0.15) is 21.6 Å². The van der Waals surface area contributed by atoms with Gasteiger partial charge in [0.1, 0.15) is 11.5 Å². The minimum absolute atomic E-state index is 0.217. The first-order valence-corrected chi connectivity index (χ1v) is 7.22. The standard InChI is InChI=1S/C17H11BrFNO/c1-10-8-12(19)6-7-13(10)17(21)16-14(18)9-11-4-2-3-5-15(11)20-16/h2-9H,1H3. The van der Waals surface area contributed by atoms with Gasteiger partial charge in [-0.2, -0.15) is 0 Å². The maximum Gasteiger partial charge on any atom is 0.212 e. The minimum atomic E-state index is -0.352. The van der Waals surface area contributed by atoms with Crippen molar-refractivity contribution in [3.63, 3.8) is 0 Å². The number of fused-ring (bicyclic) bond motifs is 1. The zero-order chi connectivity index (χ0) is 15.0. The number of hydrogen-bond donors (Lipinski definition) is 0. The highest BCUT2D eigenvalue weighted by Gasteiger charge is 2.17. The number of carbonyl (C=O) groups excluding carboxylic acids is 1. The lowest BCUT2D eigenvalue weighted by atomic mass is 10.0. The number of pyridine rings is 1. The van der Waals surface area contributed by atoms with Crippen LogP contribution in [0.25, 0.3) is 10.9 Å². The Bertz CT molecular complexity index is 861. The first-order valence-electron chi connectivity index (χ1n) is 6.42. The summed E-state index contributed by atoms with van der Waals surface area (Å²) in [5.41, 5.74) is 2.15. The van der Waals surface area contributed by atoms with E-state index < -0.39 is 0 Å². The molecular weight excluding hydrogens is 333 g/mol. The molecule has 0 unspecified atom stereocenters. The van der Waals surface area contributed by atoms with E-state index in [4.69, 9.17) is 0 Å². The van der Waals surface area contributed by atoms with Crippen LogP contribution in [-0.4, -0.2) is 10.8 Å². The Hall–Kier alpha value is -2.07. The van der Waals surface area contributed by atoms with E-state index in [1.165, 1.54) is 18.2 Å². The van der Waals surface area contributed by atoms with Crippen LogP contribution < -0.4 is 0 Å². The quantitative estimate of drug-likeness (QED) is 0.632. The third-order valence-corrected chi connectivity index (χ3v) is 3.93. The van der Waals surface area contributed by atoms with Gasteiger partial charge in [-0.3, -0.25) is 4.79 Å². The number of rotatable bonds is 2. The minimum Gasteiger partial charge on any atom is -0.287 e. The maximum atomic E-state index is 13.2. The summed E-state index contributed by atoms with van der Waals surface area (Å²) in [6, 6.07) is 13.6. The van der Waals surface area contributed by atoms with E-state index in [0.29, 0.717) is 21.3 Å². The van der Waals surface area contributed by atoms with E-state index in [-0.39, 0.29) is 11.6 Å². The Morgan fingerprint density at radius 1 is 1.14 bits per heavy atom. The predicted molar refractivity (Wildman–Crippen MR) is 84.0 cm³/mol. The molecule has 0 aliphatic heterocycles. The van der Waals surface area contributed by atoms with Crippen molar-refractivity contribution in [1.82, 2.24) is 4.98 Å². The van der Waals surface area contributed by atoms with E-state index >= 15 is 0 Å². The molecule has 1 heterocycles. The lowest BCUT2D eigenvalue weighted by Gasteiger charge is -2.08. The normalized spacial score (nSPS) is 10.8. The van der Waals surface area contributed by atoms with Crippen molar-refractivity contribution in [1.29, 1.82) is 0 Å². The summed E-state index contributed by atoms with van der Waals surface area (Å²) in [5, 5.41) is 0.955. The second kappa shape index (κ2) is 5.37. The number of aromatic nitrogens is 1. The average Bonchev–Trinajstić information content (AvgIpc) is 2.46. The van der Waals surface area contributed by atoms with Gasteiger partial charge in [0.25, 0.3) is 0 Å². The summed E-state index contributed by atoms with van der Waals surface area (Å²) < 4.78 is 13.8. The van der Waals surface area contributed by atoms with Gasteiger partial charge in [-0.05, 0) is 58.7 Å². The molecule has 0 saturated heterocycles. The molecule has 3 rings (SSSR count). The molecule has 0 amide bonds. The number of nitrogens with zero attached hydrogens (tertiary/aromatic N) is 1. The largest absolute Gasteiger partial charge is 0.287 e. The Morgan fingerprint density at radius 3 is 2.67 bits per heavy atom. The molecule has 0 aliphatic carbocycles. The fourth-order valence-corrected chi connectivity index (χ4v) is 2.77. The molecule has 0 spiro atoms. The molecule has 0 aliphatic rings. The molecule has 0 fully saturated rings. The number of benzene rings is 2. The number of para-hydroxylation sites is 1. The zero-order valence-electron chi connectivity index (χ0n) is 11.2. The van der Waals surface area contributed by atoms with Crippen molar-refractivity contribution in [2.75, 3.05) is 0 Å². The first kappa shape index (κ1) is 13.9. The molecule has 104 valence electrons. The van der Waals surface area contributed by atoms with E-state index in [9.17, 15) is 9.18 Å². The van der Waals surface area contributed by atoms with Crippen LogP contribution in [0.15, 0.2) is 53.0 Å². The summed E-state index contributed by atoms with van der Waals surface area (Å²) in [7, 11) is 0. The van der Waals surface area contributed by atoms with Crippen LogP contribution in [0.4, 0.5) is 4.39 Å². The summed E-state index contributed by atoms with van der Waals surface area (Å²) in [4.78, 5) is 17.1. The lowest BCUT2D eigenvalue weighted by Crippen LogP contribution is -2.07. The summed E-state index contributed by atoms with van der Waals surface area (Å²) >= 11 is 3.40. The van der Waals surface area contributed by atoms with Crippen LogP contribution in [0, 0.1) is 12.7 Å². The van der Waals surface area contributed by atoms with Crippen LogP contribution in [0.3, 0.4) is 0 Å². The second-order valence-corrected chi connectivity index (χ2v) is 5.65. The Morgan fingerprint density at radius 2 is 1.90 bits per heavy atom. The highest BCUT2D eigenvalue weighted by molar-refractivity contribution is 9.10. The van der Waals surface area contributed by atoms with Gasteiger partial charge in [0.15, 0.2) is 0 Å². The average molecular weight is 344 g/mol. The molecule has 4 heteroatoms. The second-order valence-electron chi connectivity index (χ2n) is 4.80. The van der Waals surface area contributed by atoms with Crippen molar-refractivity contribution in [3.05, 3.63) is 75.6 Å². The third-order valence-electron chi connectivity index (χ3n) is 3.33. The zero-order valence-corrected chi connectivity index (χ0v) is 12.8. The Kier molecular flexibility index (Phi) is 3.55. The summed E-state index contributed by atoms with van der Waals surface area (Å²) in [6.07, 6.45) is 0. The number of aryl methyl sites for hydroxylation is 1. The molecule has 2 nitrogen and oxygen atoms in total. The van der Waals surface area contributed by atoms with Crippen LogP contribution in [0.5, 0.6) is 0 Å². The Labute approximate surface area is 129 Å². The molecule has 3 aromatic rings. The molecule has 0 atom stereocenters. The van der Waals surface area contributed by atoms with Crippen molar-refractivity contribution in [2.24, 2.45) is 0 Å². The molecular formula is C17H11BrFNO. The van der Waals surface area contributed by atoms with E-state index in [2.05, 4.69) is 20.9 Å². The molecule has 0 N–H and O–H groups in total. The smallest absolute Gasteiger partial charge is 0.212 e. The first-order chi connectivity index (χ1) is 10.1. The topological polar surface area (TPSA) is 30.0 Å². The number of ketones is 1. The highest BCUT2D eigenvalue weighted by atomic mass is 79.9. The summed E-state index contributed by atoms with van der Waals surface area (Å²) in [6.45, 7) is 1.71. The van der Waals surface area contributed by atoms with Gasteiger partial charge in [-0.25, -0.2) is 9.37 Å². The highest BCUT2D eigenvalue weighted by Crippen LogP contribution is 2.24. The Balaban J connectivity index is 2.15. The number of hydrogen-bond acceptors (Lipinski definition) is 2. The molecule has 1 aromatic heterocycles. The molecule has 0 radical (unpaired) electrons. The lowest BCUT2D eigenvalue weighted by molar-refractivity contribution is 0.103. The maximum absolute atomic E-state index is 13.2. The van der Waals surface area contributed by atoms with Gasteiger partial charge < -0.3 is 0 Å². The van der Waals surface area contributed by atoms with Crippen LogP contribution in [0.2, 0.25) is 0 Å². The molecule has 21 heavy (non-hydrogen) atoms. The van der Waals surface area contributed by atoms with Gasteiger partial charge in [-0.1, -0.05) is 18.2 Å². The van der Waals surface area contributed by atoms with Crippen molar-refractivity contribution < 1.29 is 9.18 Å². The predicted octanol–water partition coefficient (Wildman–Crippen LogP) is 4.68. The molecule has 0 bridgehead atoms.